The first-order chi connectivity index (χ1) is 12.0. The highest BCUT2D eigenvalue weighted by molar-refractivity contribution is 5.85. The zero-order chi connectivity index (χ0) is 18.3. The zero-order valence-corrected chi connectivity index (χ0v) is 14.4. The number of carbonyl (C=O) groups excluding carboxylic acids is 1. The molecule has 140 valence electrons. The summed E-state index contributed by atoms with van der Waals surface area (Å²) < 4.78 is 40.1. The van der Waals surface area contributed by atoms with E-state index in [0.717, 1.165) is 18.7 Å². The third kappa shape index (κ3) is 5.02. The van der Waals surface area contributed by atoms with E-state index in [-0.39, 0.29) is 24.0 Å². The summed E-state index contributed by atoms with van der Waals surface area (Å²) in [7, 11) is 1.54. The summed E-state index contributed by atoms with van der Waals surface area (Å²) >= 11 is 0. The van der Waals surface area contributed by atoms with Gasteiger partial charge in [-0.05, 0) is 50.6 Å². The highest BCUT2D eigenvalue weighted by Crippen LogP contribution is 2.30. The molecule has 1 aromatic carbocycles. The molecule has 1 amide bonds. The number of hydrogen-bond donors (Lipinski definition) is 2. The highest BCUT2D eigenvalue weighted by Gasteiger charge is 2.39. The van der Waals surface area contributed by atoms with Crippen molar-refractivity contribution in [1.82, 2.24) is 10.6 Å². The van der Waals surface area contributed by atoms with Gasteiger partial charge in [-0.25, -0.2) is 0 Å². The number of hydrogen-bond acceptors (Lipinski definition) is 5. The lowest BCUT2D eigenvalue weighted by Crippen LogP contribution is -2.53. The number of carbonyl (C=O) groups is 1. The number of nitrogens with one attached hydrogen (secondary N) is 2. The Morgan fingerprint density at radius 3 is 2.64 bits per heavy atom. The molecule has 2 rings (SSSR count). The number of halogens is 2. The second kappa shape index (κ2) is 8.96. The Hall–Kier alpha value is -1.93. The van der Waals surface area contributed by atoms with Crippen molar-refractivity contribution in [2.24, 2.45) is 0 Å². The van der Waals surface area contributed by atoms with E-state index in [2.05, 4.69) is 15.4 Å². The van der Waals surface area contributed by atoms with E-state index in [1.165, 1.54) is 13.2 Å². The molecule has 0 aromatic heterocycles. The molecule has 0 atom stereocenters. The van der Waals surface area contributed by atoms with Gasteiger partial charge in [0.2, 0.25) is 0 Å². The van der Waals surface area contributed by atoms with Gasteiger partial charge >= 0.3 is 6.61 Å². The van der Waals surface area contributed by atoms with E-state index < -0.39 is 12.2 Å². The number of methoxy groups -OCH3 is 1. The number of amides is 1. The predicted molar refractivity (Wildman–Crippen MR) is 87.9 cm³/mol. The van der Waals surface area contributed by atoms with Crippen LogP contribution in [-0.4, -0.2) is 44.9 Å². The summed E-state index contributed by atoms with van der Waals surface area (Å²) in [4.78, 5) is 12.5. The van der Waals surface area contributed by atoms with Crippen molar-refractivity contribution in [1.29, 1.82) is 0 Å². The number of rotatable bonds is 8. The molecule has 25 heavy (non-hydrogen) atoms. The molecular weight excluding hydrogens is 334 g/mol. The van der Waals surface area contributed by atoms with Gasteiger partial charge in [0.1, 0.15) is 5.60 Å². The number of piperidine rings is 1. The van der Waals surface area contributed by atoms with E-state index in [9.17, 15) is 13.6 Å². The molecule has 1 aromatic rings. The summed E-state index contributed by atoms with van der Waals surface area (Å²) in [5.41, 5.74) is -0.106. The van der Waals surface area contributed by atoms with Crippen molar-refractivity contribution in [2.75, 3.05) is 26.8 Å². The van der Waals surface area contributed by atoms with Crippen molar-refractivity contribution >= 4 is 5.91 Å². The van der Waals surface area contributed by atoms with E-state index in [1.54, 1.807) is 19.1 Å². The minimum Gasteiger partial charge on any atom is -0.490 e. The van der Waals surface area contributed by atoms with Crippen LogP contribution in [0.1, 0.15) is 25.3 Å². The summed E-state index contributed by atoms with van der Waals surface area (Å²) in [5, 5.41) is 6.05. The largest absolute Gasteiger partial charge is 0.490 e. The molecule has 2 N–H and O–H groups in total. The van der Waals surface area contributed by atoms with E-state index in [0.29, 0.717) is 19.4 Å². The van der Waals surface area contributed by atoms with Crippen LogP contribution < -0.4 is 20.1 Å². The summed E-state index contributed by atoms with van der Waals surface area (Å²) in [5.74, 6) is 0.0129. The molecule has 0 unspecified atom stereocenters. The minimum absolute atomic E-state index is 0.0290. The van der Waals surface area contributed by atoms with E-state index >= 15 is 0 Å². The second-order valence-electron chi connectivity index (χ2n) is 5.72. The second-order valence-corrected chi connectivity index (χ2v) is 5.72. The molecule has 1 heterocycles. The highest BCUT2D eigenvalue weighted by atomic mass is 19.3. The Labute approximate surface area is 145 Å². The lowest BCUT2D eigenvalue weighted by Gasteiger charge is -2.34. The average Bonchev–Trinajstić information content (AvgIpc) is 2.62. The van der Waals surface area contributed by atoms with Crippen LogP contribution in [0.25, 0.3) is 0 Å². The molecule has 1 aliphatic heterocycles. The van der Waals surface area contributed by atoms with Gasteiger partial charge < -0.3 is 24.8 Å². The maximum atomic E-state index is 12.5. The Bertz CT molecular complexity index is 578. The van der Waals surface area contributed by atoms with E-state index in [4.69, 9.17) is 9.47 Å². The average molecular weight is 358 g/mol. The molecule has 0 spiro atoms. The SMILES string of the molecule is CCOc1cc(CNC(=O)C2(OC)CCNCC2)ccc1OC(F)F. The molecule has 1 aliphatic rings. The third-order valence-electron chi connectivity index (χ3n) is 4.19. The molecule has 0 bridgehead atoms. The van der Waals surface area contributed by atoms with Crippen molar-refractivity contribution in [3.8, 4) is 11.5 Å². The summed E-state index contributed by atoms with van der Waals surface area (Å²) in [6.45, 7) is 0.818. The molecule has 6 nitrogen and oxygen atoms in total. The Kier molecular flexibility index (Phi) is 6.95. The minimum atomic E-state index is -2.92. The standard InChI is InChI=1S/C17H24F2N2O4/c1-3-24-14-10-12(4-5-13(14)25-16(18)19)11-21-15(22)17(23-2)6-8-20-9-7-17/h4-5,10,16,20H,3,6-9,11H2,1-2H3,(H,21,22). The van der Waals surface area contributed by atoms with Crippen LogP contribution in [0, 0.1) is 0 Å². The van der Waals surface area contributed by atoms with Crippen LogP contribution in [0.3, 0.4) is 0 Å². The van der Waals surface area contributed by atoms with Gasteiger partial charge in [-0.2, -0.15) is 8.78 Å². The molecule has 1 saturated heterocycles. The fourth-order valence-electron chi connectivity index (χ4n) is 2.82. The maximum Gasteiger partial charge on any atom is 0.387 e. The van der Waals surface area contributed by atoms with Gasteiger partial charge in [-0.15, -0.1) is 0 Å². The smallest absolute Gasteiger partial charge is 0.387 e. The van der Waals surface area contributed by atoms with Crippen LogP contribution in [-0.2, 0) is 16.1 Å². The Morgan fingerprint density at radius 2 is 2.04 bits per heavy atom. The van der Waals surface area contributed by atoms with Gasteiger partial charge in [0.15, 0.2) is 11.5 Å². The molecule has 1 fully saturated rings. The first-order valence-electron chi connectivity index (χ1n) is 8.25. The summed E-state index contributed by atoms with van der Waals surface area (Å²) in [6.07, 6.45) is 1.20. The van der Waals surface area contributed by atoms with Crippen LogP contribution in [0.15, 0.2) is 18.2 Å². The quantitative estimate of drug-likeness (QED) is 0.745. The van der Waals surface area contributed by atoms with Gasteiger partial charge in [0.05, 0.1) is 6.61 Å². The van der Waals surface area contributed by atoms with Crippen LogP contribution in [0.2, 0.25) is 0 Å². The van der Waals surface area contributed by atoms with Crippen LogP contribution in [0.5, 0.6) is 11.5 Å². The molecular formula is C17H24F2N2O4. The van der Waals surface area contributed by atoms with Crippen molar-refractivity contribution in [2.45, 2.75) is 38.5 Å². The molecule has 8 heteroatoms. The Balaban J connectivity index is 2.04. The lowest BCUT2D eigenvalue weighted by molar-refractivity contribution is -0.146. The number of benzene rings is 1. The fraction of sp³-hybridized carbons (Fsp3) is 0.588. The van der Waals surface area contributed by atoms with Crippen LogP contribution in [0.4, 0.5) is 8.78 Å². The zero-order valence-electron chi connectivity index (χ0n) is 14.4. The number of alkyl halides is 2. The van der Waals surface area contributed by atoms with Crippen molar-refractivity contribution < 1.29 is 27.8 Å². The lowest BCUT2D eigenvalue weighted by atomic mass is 9.91. The van der Waals surface area contributed by atoms with Gasteiger partial charge in [-0.3, -0.25) is 4.79 Å². The molecule has 0 radical (unpaired) electrons. The Morgan fingerprint density at radius 1 is 1.32 bits per heavy atom. The van der Waals surface area contributed by atoms with Gasteiger partial charge in [0, 0.05) is 13.7 Å². The maximum absolute atomic E-state index is 12.5. The predicted octanol–water partition coefficient (Wildman–Crippen LogP) is 2.07. The monoisotopic (exact) mass is 358 g/mol. The molecule has 0 saturated carbocycles. The van der Waals surface area contributed by atoms with Gasteiger partial charge in [-0.1, -0.05) is 6.07 Å². The van der Waals surface area contributed by atoms with Crippen molar-refractivity contribution in [3.05, 3.63) is 23.8 Å². The normalized spacial score (nSPS) is 16.5. The number of ether oxygens (including phenoxy) is 3. The fourth-order valence-corrected chi connectivity index (χ4v) is 2.82. The van der Waals surface area contributed by atoms with Gasteiger partial charge in [0.25, 0.3) is 5.91 Å². The first-order valence-corrected chi connectivity index (χ1v) is 8.25. The topological polar surface area (TPSA) is 68.8 Å². The summed E-state index contributed by atoms with van der Waals surface area (Å²) in [6, 6.07) is 4.61. The third-order valence-corrected chi connectivity index (χ3v) is 4.19. The van der Waals surface area contributed by atoms with Crippen LogP contribution >= 0.6 is 0 Å². The first kappa shape index (κ1) is 19.4. The molecule has 0 aliphatic carbocycles. The van der Waals surface area contributed by atoms with Crippen molar-refractivity contribution in [3.63, 3.8) is 0 Å². The van der Waals surface area contributed by atoms with E-state index in [1.807, 2.05) is 0 Å².